The van der Waals surface area contributed by atoms with Gasteiger partial charge in [0.1, 0.15) is 0 Å². The number of hydrogen-bond donors (Lipinski definition) is 1. The van der Waals surface area contributed by atoms with Crippen LogP contribution in [-0.2, 0) is 16.0 Å². The molecule has 0 bridgehead atoms. The van der Waals surface area contributed by atoms with Crippen molar-refractivity contribution in [2.45, 2.75) is 18.9 Å². The number of ether oxygens (including phenoxy) is 1. The largest absolute Gasteiger partial charge is 0.380 e. The van der Waals surface area contributed by atoms with Crippen molar-refractivity contribution in [3.8, 4) is 0 Å². The monoisotopic (exact) mass is 312 g/mol. The summed E-state index contributed by atoms with van der Waals surface area (Å²) in [4.78, 5) is 14.0. The third-order valence-electron chi connectivity index (χ3n) is 3.24. The summed E-state index contributed by atoms with van der Waals surface area (Å²) in [6, 6.07) is 6.01. The molecule has 1 aliphatic heterocycles. The Bertz CT molecular complexity index is 447. The van der Waals surface area contributed by atoms with E-state index in [9.17, 15) is 4.79 Å². The number of carbonyl (C=O) groups is 1. The van der Waals surface area contributed by atoms with E-state index in [1.54, 1.807) is 7.11 Å². The molecule has 0 saturated carbocycles. The molecule has 1 amide bonds. The van der Waals surface area contributed by atoms with Gasteiger partial charge in [-0.1, -0.05) is 15.9 Å². The summed E-state index contributed by atoms with van der Waals surface area (Å²) in [6.07, 6.45) is 1.04. The normalized spacial score (nSPS) is 15.6. The highest BCUT2D eigenvalue weighted by atomic mass is 79.9. The average Bonchev–Trinajstić information content (AvgIpc) is 2.78. The maximum atomic E-state index is 12.2. The van der Waals surface area contributed by atoms with Gasteiger partial charge in [0, 0.05) is 30.4 Å². The molecule has 1 aromatic carbocycles. The molecule has 4 nitrogen and oxygen atoms in total. The fraction of sp³-hybridized carbons (Fsp3) is 0.462. The van der Waals surface area contributed by atoms with Crippen molar-refractivity contribution in [1.29, 1.82) is 0 Å². The first-order valence-corrected chi connectivity index (χ1v) is 6.76. The van der Waals surface area contributed by atoms with Crippen LogP contribution in [0, 0.1) is 0 Å². The van der Waals surface area contributed by atoms with Crippen LogP contribution in [0.15, 0.2) is 22.7 Å². The molecule has 0 fully saturated rings. The first-order chi connectivity index (χ1) is 8.65. The Morgan fingerprint density at radius 1 is 1.61 bits per heavy atom. The van der Waals surface area contributed by atoms with E-state index in [1.807, 2.05) is 17.0 Å². The van der Waals surface area contributed by atoms with Crippen LogP contribution >= 0.6 is 15.9 Å². The minimum atomic E-state index is -0.197. The Labute approximate surface area is 115 Å². The molecule has 1 aliphatic rings. The van der Waals surface area contributed by atoms with Gasteiger partial charge in [-0.25, -0.2) is 0 Å². The zero-order valence-corrected chi connectivity index (χ0v) is 11.9. The zero-order valence-electron chi connectivity index (χ0n) is 10.4. The molecule has 18 heavy (non-hydrogen) atoms. The number of amides is 1. The zero-order chi connectivity index (χ0) is 13.1. The van der Waals surface area contributed by atoms with Gasteiger partial charge in [0.25, 0.3) is 0 Å². The minimum absolute atomic E-state index is 0.0772. The van der Waals surface area contributed by atoms with Gasteiger partial charge in [-0.15, -0.1) is 0 Å². The van der Waals surface area contributed by atoms with E-state index in [2.05, 4.69) is 22.0 Å². The van der Waals surface area contributed by atoms with Crippen LogP contribution in [0.1, 0.15) is 12.0 Å². The molecule has 0 saturated heterocycles. The van der Waals surface area contributed by atoms with Crippen molar-refractivity contribution in [2.24, 2.45) is 5.73 Å². The maximum Gasteiger partial charge on any atom is 0.229 e. The lowest BCUT2D eigenvalue weighted by molar-refractivity contribution is -0.120. The summed E-state index contributed by atoms with van der Waals surface area (Å²) in [5, 5.41) is 0. The van der Waals surface area contributed by atoms with Crippen molar-refractivity contribution in [3.05, 3.63) is 28.2 Å². The van der Waals surface area contributed by atoms with E-state index in [1.165, 1.54) is 5.56 Å². The third-order valence-corrected chi connectivity index (χ3v) is 3.73. The number of fused-ring (bicyclic) bond motifs is 1. The highest BCUT2D eigenvalue weighted by Gasteiger charge is 2.26. The van der Waals surface area contributed by atoms with Crippen LogP contribution in [0.2, 0.25) is 0 Å². The molecule has 2 rings (SSSR count). The highest BCUT2D eigenvalue weighted by Crippen LogP contribution is 2.31. The summed E-state index contributed by atoms with van der Waals surface area (Å²) >= 11 is 3.44. The van der Waals surface area contributed by atoms with Gasteiger partial charge in [-0.05, 0) is 30.2 Å². The van der Waals surface area contributed by atoms with Crippen LogP contribution in [-0.4, -0.2) is 32.2 Å². The van der Waals surface area contributed by atoms with Gasteiger partial charge in [0.05, 0.1) is 12.5 Å². The molecular formula is C13H17BrN2O2. The predicted molar refractivity (Wildman–Crippen MR) is 74.7 cm³/mol. The fourth-order valence-electron chi connectivity index (χ4n) is 2.20. The highest BCUT2D eigenvalue weighted by molar-refractivity contribution is 9.10. The number of benzene rings is 1. The molecular weight excluding hydrogens is 296 g/mol. The smallest absolute Gasteiger partial charge is 0.229 e. The van der Waals surface area contributed by atoms with Crippen LogP contribution in [0.25, 0.3) is 0 Å². The Morgan fingerprint density at radius 2 is 2.39 bits per heavy atom. The number of anilines is 1. The minimum Gasteiger partial charge on any atom is -0.380 e. The molecule has 5 heteroatoms. The number of rotatable bonds is 4. The molecule has 98 valence electrons. The van der Waals surface area contributed by atoms with Crippen LogP contribution in [0.4, 0.5) is 5.69 Å². The van der Waals surface area contributed by atoms with Crippen molar-refractivity contribution >= 4 is 27.5 Å². The summed E-state index contributed by atoms with van der Waals surface area (Å²) in [5.74, 6) is 0.0772. The standard InChI is InChI=1S/C13H17BrN2O2/c1-18-11(8-15)7-13(17)16-5-4-9-6-10(14)2-3-12(9)16/h2-3,6,11H,4-5,7-8,15H2,1H3. The Balaban J connectivity index is 2.11. The van der Waals surface area contributed by atoms with Crippen LogP contribution < -0.4 is 10.6 Å². The topological polar surface area (TPSA) is 55.6 Å². The maximum absolute atomic E-state index is 12.2. The first-order valence-electron chi connectivity index (χ1n) is 5.97. The number of hydrogen-bond acceptors (Lipinski definition) is 3. The Hall–Kier alpha value is -0.910. The number of nitrogens with two attached hydrogens (primary N) is 1. The predicted octanol–water partition coefficient (Wildman–Crippen LogP) is 1.70. The van der Waals surface area contributed by atoms with E-state index in [0.29, 0.717) is 13.0 Å². The van der Waals surface area contributed by atoms with E-state index in [-0.39, 0.29) is 12.0 Å². The summed E-state index contributed by atoms with van der Waals surface area (Å²) in [6.45, 7) is 1.11. The van der Waals surface area contributed by atoms with Gasteiger partial charge in [-0.3, -0.25) is 4.79 Å². The molecule has 1 unspecified atom stereocenters. The second-order valence-electron chi connectivity index (χ2n) is 4.37. The van der Waals surface area contributed by atoms with Gasteiger partial charge < -0.3 is 15.4 Å². The van der Waals surface area contributed by atoms with E-state index < -0.39 is 0 Å². The number of carbonyl (C=O) groups excluding carboxylic acids is 1. The van der Waals surface area contributed by atoms with Crippen LogP contribution in [0.5, 0.6) is 0 Å². The number of halogens is 1. The molecule has 1 atom stereocenters. The van der Waals surface area contributed by atoms with Gasteiger partial charge in [0.2, 0.25) is 5.91 Å². The second kappa shape index (κ2) is 5.82. The number of methoxy groups -OCH3 is 1. The molecule has 0 aliphatic carbocycles. The summed E-state index contributed by atoms with van der Waals surface area (Å²) in [5.41, 5.74) is 7.76. The van der Waals surface area contributed by atoms with Gasteiger partial charge in [0.15, 0.2) is 0 Å². The lowest BCUT2D eigenvalue weighted by Crippen LogP contribution is -2.35. The lowest BCUT2D eigenvalue weighted by Gasteiger charge is -2.20. The molecule has 1 aromatic rings. The SMILES string of the molecule is COC(CN)CC(=O)N1CCc2cc(Br)ccc21. The number of nitrogens with zero attached hydrogens (tertiary/aromatic N) is 1. The third kappa shape index (κ3) is 2.74. The van der Waals surface area contributed by atoms with E-state index in [0.717, 1.165) is 23.1 Å². The van der Waals surface area contributed by atoms with Crippen molar-refractivity contribution in [3.63, 3.8) is 0 Å². The molecule has 1 heterocycles. The van der Waals surface area contributed by atoms with Gasteiger partial charge >= 0.3 is 0 Å². The Morgan fingerprint density at radius 3 is 3.06 bits per heavy atom. The average molecular weight is 313 g/mol. The van der Waals surface area contributed by atoms with Crippen molar-refractivity contribution in [2.75, 3.05) is 25.1 Å². The van der Waals surface area contributed by atoms with E-state index in [4.69, 9.17) is 10.5 Å². The summed E-state index contributed by atoms with van der Waals surface area (Å²) < 4.78 is 6.21. The van der Waals surface area contributed by atoms with Crippen molar-refractivity contribution in [1.82, 2.24) is 0 Å². The van der Waals surface area contributed by atoms with Crippen molar-refractivity contribution < 1.29 is 9.53 Å². The molecule has 0 spiro atoms. The fourth-order valence-corrected chi connectivity index (χ4v) is 2.61. The van der Waals surface area contributed by atoms with Crippen LogP contribution in [0.3, 0.4) is 0 Å². The molecule has 0 aromatic heterocycles. The first kappa shape index (κ1) is 13.5. The van der Waals surface area contributed by atoms with E-state index >= 15 is 0 Å². The molecule has 2 N–H and O–H groups in total. The summed E-state index contributed by atoms with van der Waals surface area (Å²) in [7, 11) is 1.58. The molecule has 0 radical (unpaired) electrons. The quantitative estimate of drug-likeness (QED) is 0.920. The lowest BCUT2D eigenvalue weighted by atomic mass is 10.2. The Kier molecular flexibility index (Phi) is 4.37. The second-order valence-corrected chi connectivity index (χ2v) is 5.28. The van der Waals surface area contributed by atoms with Gasteiger partial charge in [-0.2, -0.15) is 0 Å².